The molecule has 7 nitrogen and oxygen atoms in total. The minimum absolute atomic E-state index is 0.142. The first-order chi connectivity index (χ1) is 20.5. The van der Waals surface area contributed by atoms with Gasteiger partial charge in [-0.05, 0) is 12.8 Å². The molecule has 250 valence electrons. The van der Waals surface area contributed by atoms with Crippen molar-refractivity contribution in [2.24, 2.45) is 0 Å². The highest BCUT2D eigenvalue weighted by molar-refractivity contribution is 7.51. The second kappa shape index (κ2) is 28.0. The van der Waals surface area contributed by atoms with Crippen LogP contribution in [-0.4, -0.2) is 68.2 Å². The maximum absolute atomic E-state index is 13.5. The van der Waals surface area contributed by atoms with Gasteiger partial charge in [0.05, 0.1) is 13.2 Å². The molecule has 0 aliphatic carbocycles. The minimum Gasteiger partial charge on any atom is -0.340 e. The Labute approximate surface area is 261 Å². The highest BCUT2D eigenvalue weighted by Gasteiger charge is 2.25. The zero-order chi connectivity index (χ0) is 30.6. The molecule has 1 heterocycles. The van der Waals surface area contributed by atoms with E-state index < -0.39 is 7.75 Å². The Morgan fingerprint density at radius 1 is 0.595 bits per heavy atom. The molecular weight excluding hydrogens is 545 g/mol. The van der Waals surface area contributed by atoms with Crippen LogP contribution in [0.4, 0.5) is 0 Å². The van der Waals surface area contributed by atoms with Crippen LogP contribution in [0.5, 0.6) is 0 Å². The van der Waals surface area contributed by atoms with Gasteiger partial charge in [-0.25, -0.2) is 9.65 Å². The van der Waals surface area contributed by atoms with Gasteiger partial charge in [-0.1, -0.05) is 142 Å². The van der Waals surface area contributed by atoms with Crippen LogP contribution in [0.1, 0.15) is 162 Å². The second-order valence-electron chi connectivity index (χ2n) is 12.5. The van der Waals surface area contributed by atoms with Crippen molar-refractivity contribution in [1.29, 1.82) is 0 Å². The molecule has 0 aromatic rings. The monoisotopic (exact) mass is 616 g/mol. The average molecular weight is 616 g/mol. The largest absolute Gasteiger partial charge is 0.405 e. The van der Waals surface area contributed by atoms with Crippen molar-refractivity contribution in [2.45, 2.75) is 162 Å². The number of carbonyl (C=O) groups is 1. The molecule has 0 spiro atoms. The molecule has 0 radical (unpaired) electrons. The third-order valence-corrected chi connectivity index (χ3v) is 10.2. The summed E-state index contributed by atoms with van der Waals surface area (Å²) in [5.41, 5.74) is 0. The Morgan fingerprint density at radius 3 is 1.31 bits per heavy atom. The van der Waals surface area contributed by atoms with Crippen molar-refractivity contribution in [3.8, 4) is 0 Å². The van der Waals surface area contributed by atoms with Gasteiger partial charge in [0, 0.05) is 46.2 Å². The lowest BCUT2D eigenvalue weighted by Gasteiger charge is -2.34. The van der Waals surface area contributed by atoms with E-state index >= 15 is 0 Å². The van der Waals surface area contributed by atoms with Crippen LogP contribution < -0.4 is 5.09 Å². The number of unbranched alkanes of at least 4 members (excludes halogenated alkanes) is 20. The number of amides is 1. The van der Waals surface area contributed by atoms with E-state index in [4.69, 9.17) is 9.05 Å². The number of nitrogens with one attached hydrogen (secondary N) is 1. The molecule has 1 rings (SSSR count). The van der Waals surface area contributed by atoms with Crippen LogP contribution in [0, 0.1) is 0 Å². The quantitative estimate of drug-likeness (QED) is 0.0641. The molecule has 1 fully saturated rings. The van der Waals surface area contributed by atoms with E-state index in [1.807, 2.05) is 4.90 Å². The van der Waals surface area contributed by atoms with E-state index in [-0.39, 0.29) is 5.91 Å². The fourth-order valence-corrected chi connectivity index (χ4v) is 7.03. The summed E-state index contributed by atoms with van der Waals surface area (Å²) < 4.78 is 25.3. The zero-order valence-electron chi connectivity index (χ0n) is 28.2. The molecule has 0 bridgehead atoms. The van der Waals surface area contributed by atoms with E-state index in [1.54, 1.807) is 6.92 Å². The highest BCUT2D eigenvalue weighted by atomic mass is 31.2. The van der Waals surface area contributed by atoms with Gasteiger partial charge in [0.2, 0.25) is 5.91 Å². The Bertz CT molecular complexity index is 627. The number of hydrogen-bond acceptors (Lipinski definition) is 5. The first kappa shape index (κ1) is 39.6. The van der Waals surface area contributed by atoms with Gasteiger partial charge in [0.1, 0.15) is 0 Å². The minimum atomic E-state index is -3.32. The van der Waals surface area contributed by atoms with E-state index in [9.17, 15) is 9.36 Å². The Hall–Kier alpha value is -0.460. The molecule has 0 unspecified atom stereocenters. The summed E-state index contributed by atoms with van der Waals surface area (Å²) in [5, 5.41) is 3.15. The first-order valence-corrected chi connectivity index (χ1v) is 19.7. The van der Waals surface area contributed by atoms with Gasteiger partial charge in [-0.15, -0.1) is 0 Å². The number of hydrogen-bond donors (Lipinski definition) is 1. The summed E-state index contributed by atoms with van der Waals surface area (Å²) in [5.74, 6) is 0.142. The number of carbonyl (C=O) groups excluding carboxylic acids is 1. The second-order valence-corrected chi connectivity index (χ2v) is 14.3. The van der Waals surface area contributed by atoms with Crippen LogP contribution in [0.25, 0.3) is 0 Å². The molecular formula is C34H70N3O4P. The zero-order valence-corrected chi connectivity index (χ0v) is 29.1. The van der Waals surface area contributed by atoms with Crippen LogP contribution >= 0.6 is 7.75 Å². The van der Waals surface area contributed by atoms with Gasteiger partial charge in [-0.3, -0.25) is 18.7 Å². The van der Waals surface area contributed by atoms with E-state index in [2.05, 4.69) is 23.8 Å². The fourth-order valence-electron chi connectivity index (χ4n) is 5.66. The van der Waals surface area contributed by atoms with Crippen LogP contribution in [0.2, 0.25) is 0 Å². The topological polar surface area (TPSA) is 71.1 Å². The molecule has 1 N–H and O–H groups in total. The highest BCUT2D eigenvalue weighted by Crippen LogP contribution is 2.44. The van der Waals surface area contributed by atoms with E-state index in [0.717, 1.165) is 58.4 Å². The van der Waals surface area contributed by atoms with Crippen molar-refractivity contribution in [1.82, 2.24) is 14.9 Å². The summed E-state index contributed by atoms with van der Waals surface area (Å²) in [6.07, 6.45) is 28.2. The van der Waals surface area contributed by atoms with E-state index in [0.29, 0.717) is 19.8 Å². The number of piperazine rings is 1. The Balaban J connectivity index is 2.24. The summed E-state index contributed by atoms with van der Waals surface area (Å²) in [6, 6.07) is 0. The molecule has 1 aliphatic rings. The molecule has 42 heavy (non-hydrogen) atoms. The maximum Gasteiger partial charge on any atom is 0.405 e. The molecule has 0 atom stereocenters. The molecule has 0 aromatic heterocycles. The van der Waals surface area contributed by atoms with Crippen molar-refractivity contribution in [2.75, 3.05) is 52.5 Å². The van der Waals surface area contributed by atoms with Crippen LogP contribution in [0.15, 0.2) is 0 Å². The maximum atomic E-state index is 13.5. The van der Waals surface area contributed by atoms with Gasteiger partial charge in [0.15, 0.2) is 0 Å². The smallest absolute Gasteiger partial charge is 0.340 e. The van der Waals surface area contributed by atoms with Gasteiger partial charge < -0.3 is 4.90 Å². The lowest BCUT2D eigenvalue weighted by molar-refractivity contribution is -0.130. The standard InChI is InChI=1S/C34H70N3O4P/c1-4-6-8-10-12-14-16-18-20-22-24-32-40-42(39,35-26-27-36-28-30-37(31-29-36)34(3)38)41-33-25-23-21-19-17-15-13-11-9-7-5-2/h4-33H2,1-3H3,(H,35,39). The number of rotatable bonds is 30. The summed E-state index contributed by atoms with van der Waals surface area (Å²) in [7, 11) is -3.32. The summed E-state index contributed by atoms with van der Waals surface area (Å²) in [4.78, 5) is 15.8. The molecule has 1 amide bonds. The summed E-state index contributed by atoms with van der Waals surface area (Å²) >= 11 is 0. The van der Waals surface area contributed by atoms with Crippen molar-refractivity contribution in [3.63, 3.8) is 0 Å². The lowest BCUT2D eigenvalue weighted by atomic mass is 10.1. The van der Waals surface area contributed by atoms with Crippen molar-refractivity contribution in [3.05, 3.63) is 0 Å². The third kappa shape index (κ3) is 23.0. The summed E-state index contributed by atoms with van der Waals surface area (Å²) in [6.45, 7) is 11.7. The van der Waals surface area contributed by atoms with Crippen molar-refractivity contribution < 1.29 is 18.4 Å². The molecule has 0 saturated carbocycles. The van der Waals surface area contributed by atoms with Gasteiger partial charge in [0.25, 0.3) is 0 Å². The normalized spacial score (nSPS) is 14.6. The predicted octanol–water partition coefficient (Wildman–Crippen LogP) is 9.50. The van der Waals surface area contributed by atoms with Gasteiger partial charge >= 0.3 is 7.75 Å². The Kier molecular flexibility index (Phi) is 26.4. The SMILES string of the molecule is CCCCCCCCCCCCCOP(=O)(NCCN1CCN(C(C)=O)CC1)OCCCCCCCCCCCCC. The Morgan fingerprint density at radius 2 is 0.952 bits per heavy atom. The lowest BCUT2D eigenvalue weighted by Crippen LogP contribution is -2.49. The molecule has 8 heteroatoms. The van der Waals surface area contributed by atoms with Gasteiger partial charge in [-0.2, -0.15) is 0 Å². The van der Waals surface area contributed by atoms with Crippen LogP contribution in [0.3, 0.4) is 0 Å². The molecule has 0 aromatic carbocycles. The van der Waals surface area contributed by atoms with Crippen molar-refractivity contribution >= 4 is 13.7 Å². The van der Waals surface area contributed by atoms with Crippen LogP contribution in [-0.2, 0) is 18.4 Å². The first-order valence-electron chi connectivity index (χ1n) is 18.1. The fraction of sp³-hybridized carbons (Fsp3) is 0.971. The molecule has 1 aliphatic heterocycles. The average Bonchev–Trinajstić information content (AvgIpc) is 2.98. The van der Waals surface area contributed by atoms with E-state index in [1.165, 1.54) is 116 Å². The predicted molar refractivity (Wildman–Crippen MR) is 179 cm³/mol. The third-order valence-electron chi connectivity index (χ3n) is 8.57. The molecule has 1 saturated heterocycles. The number of nitrogens with zero attached hydrogens (tertiary/aromatic N) is 2.